The minimum atomic E-state index is -2.85. The Hall–Kier alpha value is -1.56. The second-order valence-corrected chi connectivity index (χ2v) is 5.28. The zero-order valence-corrected chi connectivity index (χ0v) is 11.9. The van der Waals surface area contributed by atoms with Crippen molar-refractivity contribution < 1.29 is 13.5 Å². The molecule has 1 fully saturated rings. The minimum Gasteiger partial charge on any atom is -0.433 e. The summed E-state index contributed by atoms with van der Waals surface area (Å²) >= 11 is 0. The molecule has 112 valence electrons. The highest BCUT2D eigenvalue weighted by molar-refractivity contribution is 5.62. The maximum Gasteiger partial charge on any atom is 0.387 e. The molecule has 1 aromatic rings. The van der Waals surface area contributed by atoms with Crippen LogP contribution in [0, 0.1) is 0 Å². The average molecular weight is 285 g/mol. The fourth-order valence-corrected chi connectivity index (χ4v) is 2.56. The lowest BCUT2D eigenvalue weighted by Crippen LogP contribution is -2.41. The number of benzene rings is 1. The summed E-state index contributed by atoms with van der Waals surface area (Å²) in [5.74, 6) is 0.0484. The van der Waals surface area contributed by atoms with Crippen LogP contribution < -0.4 is 15.4 Å². The molecule has 0 atom stereocenters. The molecule has 0 radical (unpaired) electrons. The van der Waals surface area contributed by atoms with Crippen molar-refractivity contribution >= 4 is 11.4 Å². The SMILES string of the molecule is CN(C)C1CCN(c2ccc(N)c(OC(F)F)c2)CC1. The number of hydrogen-bond donors (Lipinski definition) is 1. The Labute approximate surface area is 118 Å². The molecule has 0 bridgehead atoms. The summed E-state index contributed by atoms with van der Waals surface area (Å²) in [4.78, 5) is 4.41. The molecule has 1 heterocycles. The number of nitrogens with two attached hydrogens (primary N) is 1. The van der Waals surface area contributed by atoms with Crippen LogP contribution >= 0.6 is 0 Å². The van der Waals surface area contributed by atoms with Gasteiger partial charge in [-0.25, -0.2) is 0 Å². The lowest BCUT2D eigenvalue weighted by Gasteiger charge is -2.36. The lowest BCUT2D eigenvalue weighted by molar-refractivity contribution is -0.0493. The molecule has 1 aliphatic heterocycles. The van der Waals surface area contributed by atoms with Crippen molar-refractivity contribution in [1.29, 1.82) is 0 Å². The van der Waals surface area contributed by atoms with Crippen molar-refractivity contribution in [3.63, 3.8) is 0 Å². The summed E-state index contributed by atoms with van der Waals surface area (Å²) in [7, 11) is 4.16. The van der Waals surface area contributed by atoms with Gasteiger partial charge in [-0.05, 0) is 39.1 Å². The Bertz CT molecular complexity index is 446. The number of anilines is 2. The Kier molecular flexibility index (Phi) is 4.65. The number of hydrogen-bond acceptors (Lipinski definition) is 4. The fourth-order valence-electron chi connectivity index (χ4n) is 2.56. The standard InChI is InChI=1S/C14H21F2N3O/c1-18(2)10-5-7-19(8-6-10)11-3-4-12(17)13(9-11)20-14(15)16/h3-4,9-10,14H,5-8,17H2,1-2H3. The summed E-state index contributed by atoms with van der Waals surface area (Å²) in [5.41, 5.74) is 6.76. The van der Waals surface area contributed by atoms with Crippen LogP contribution in [0.4, 0.5) is 20.2 Å². The molecule has 1 aliphatic rings. The van der Waals surface area contributed by atoms with Gasteiger partial charge in [0, 0.05) is 30.9 Å². The lowest BCUT2D eigenvalue weighted by atomic mass is 10.0. The molecule has 0 spiro atoms. The largest absolute Gasteiger partial charge is 0.433 e. The zero-order valence-electron chi connectivity index (χ0n) is 11.9. The van der Waals surface area contributed by atoms with Gasteiger partial charge in [-0.15, -0.1) is 0 Å². The highest BCUT2D eigenvalue weighted by Crippen LogP contribution is 2.30. The molecule has 2 rings (SSSR count). The molecule has 0 aliphatic carbocycles. The van der Waals surface area contributed by atoms with Crippen molar-refractivity contribution in [2.75, 3.05) is 37.8 Å². The number of nitrogen functional groups attached to an aromatic ring is 1. The molecular formula is C14H21F2N3O. The van der Waals surface area contributed by atoms with E-state index >= 15 is 0 Å². The number of halogens is 2. The van der Waals surface area contributed by atoms with Gasteiger partial charge < -0.3 is 20.3 Å². The first-order chi connectivity index (χ1) is 9.47. The van der Waals surface area contributed by atoms with Crippen LogP contribution in [0.2, 0.25) is 0 Å². The molecule has 4 nitrogen and oxygen atoms in total. The third kappa shape index (κ3) is 3.50. The second-order valence-electron chi connectivity index (χ2n) is 5.28. The van der Waals surface area contributed by atoms with Crippen molar-refractivity contribution in [2.24, 2.45) is 0 Å². The summed E-state index contributed by atoms with van der Waals surface area (Å²) in [6, 6.07) is 5.64. The van der Waals surface area contributed by atoms with E-state index in [2.05, 4.69) is 28.6 Å². The second kappa shape index (κ2) is 6.26. The monoisotopic (exact) mass is 285 g/mol. The van der Waals surface area contributed by atoms with Crippen LogP contribution in [0.1, 0.15) is 12.8 Å². The molecular weight excluding hydrogens is 264 g/mol. The van der Waals surface area contributed by atoms with Crippen LogP contribution in [0.15, 0.2) is 18.2 Å². The highest BCUT2D eigenvalue weighted by Gasteiger charge is 2.21. The predicted molar refractivity (Wildman–Crippen MR) is 76.4 cm³/mol. The van der Waals surface area contributed by atoms with Gasteiger partial charge >= 0.3 is 6.61 Å². The average Bonchev–Trinajstić information content (AvgIpc) is 2.41. The Morgan fingerprint density at radius 3 is 2.50 bits per heavy atom. The van der Waals surface area contributed by atoms with E-state index in [0.29, 0.717) is 6.04 Å². The van der Waals surface area contributed by atoms with E-state index in [1.54, 1.807) is 12.1 Å². The van der Waals surface area contributed by atoms with Gasteiger partial charge in [0.1, 0.15) is 0 Å². The first-order valence-electron chi connectivity index (χ1n) is 6.73. The van der Waals surface area contributed by atoms with Gasteiger partial charge in [0.2, 0.25) is 0 Å². The molecule has 0 saturated carbocycles. The van der Waals surface area contributed by atoms with Crippen LogP contribution in [0.5, 0.6) is 5.75 Å². The maximum absolute atomic E-state index is 12.3. The molecule has 0 amide bonds. The van der Waals surface area contributed by atoms with Crippen LogP contribution in [-0.4, -0.2) is 44.7 Å². The van der Waals surface area contributed by atoms with Gasteiger partial charge in [0.15, 0.2) is 5.75 Å². The normalized spacial score (nSPS) is 17.0. The molecule has 1 saturated heterocycles. The maximum atomic E-state index is 12.3. The number of rotatable bonds is 4. The first kappa shape index (κ1) is 14.8. The quantitative estimate of drug-likeness (QED) is 0.863. The smallest absolute Gasteiger partial charge is 0.387 e. The van der Waals surface area contributed by atoms with Gasteiger partial charge in [-0.1, -0.05) is 0 Å². The van der Waals surface area contributed by atoms with Crippen molar-refractivity contribution in [1.82, 2.24) is 4.90 Å². The topological polar surface area (TPSA) is 41.7 Å². The Morgan fingerprint density at radius 1 is 1.30 bits per heavy atom. The summed E-state index contributed by atoms with van der Waals surface area (Å²) in [5, 5.41) is 0. The number of ether oxygens (including phenoxy) is 1. The molecule has 1 aromatic carbocycles. The molecule has 20 heavy (non-hydrogen) atoms. The number of piperidine rings is 1. The molecule has 0 aromatic heterocycles. The van der Waals surface area contributed by atoms with Crippen LogP contribution in [-0.2, 0) is 0 Å². The third-order valence-electron chi connectivity index (χ3n) is 3.77. The van der Waals surface area contributed by atoms with E-state index in [4.69, 9.17) is 5.73 Å². The third-order valence-corrected chi connectivity index (χ3v) is 3.77. The summed E-state index contributed by atoms with van der Waals surface area (Å²) < 4.78 is 29.1. The van der Waals surface area contributed by atoms with E-state index in [9.17, 15) is 8.78 Å². The zero-order chi connectivity index (χ0) is 14.7. The Balaban J connectivity index is 2.06. The minimum absolute atomic E-state index is 0.0484. The number of alkyl halides is 2. The van der Waals surface area contributed by atoms with Crippen molar-refractivity contribution in [3.05, 3.63) is 18.2 Å². The fraction of sp³-hybridized carbons (Fsp3) is 0.571. The Morgan fingerprint density at radius 2 is 1.95 bits per heavy atom. The predicted octanol–water partition coefficient (Wildman–Crippen LogP) is 2.40. The molecule has 2 N–H and O–H groups in total. The molecule has 6 heteroatoms. The van der Waals surface area contributed by atoms with Crippen LogP contribution in [0.25, 0.3) is 0 Å². The first-order valence-corrected chi connectivity index (χ1v) is 6.73. The highest BCUT2D eigenvalue weighted by atomic mass is 19.3. The van der Waals surface area contributed by atoms with E-state index in [0.717, 1.165) is 31.6 Å². The van der Waals surface area contributed by atoms with Gasteiger partial charge in [0.25, 0.3) is 0 Å². The summed E-state index contributed by atoms with van der Waals surface area (Å²) in [6.45, 7) is -1.05. The van der Waals surface area contributed by atoms with E-state index in [1.165, 1.54) is 0 Å². The van der Waals surface area contributed by atoms with Gasteiger partial charge in [-0.2, -0.15) is 8.78 Å². The van der Waals surface area contributed by atoms with Crippen LogP contribution in [0.3, 0.4) is 0 Å². The van der Waals surface area contributed by atoms with Crippen molar-refractivity contribution in [3.8, 4) is 5.75 Å². The number of nitrogens with zero attached hydrogens (tertiary/aromatic N) is 2. The van der Waals surface area contributed by atoms with E-state index < -0.39 is 6.61 Å². The van der Waals surface area contributed by atoms with Gasteiger partial charge in [0.05, 0.1) is 5.69 Å². The van der Waals surface area contributed by atoms with Gasteiger partial charge in [-0.3, -0.25) is 0 Å². The summed E-state index contributed by atoms with van der Waals surface area (Å²) in [6.07, 6.45) is 2.12. The van der Waals surface area contributed by atoms with Crippen molar-refractivity contribution in [2.45, 2.75) is 25.5 Å². The van der Waals surface area contributed by atoms with E-state index in [1.807, 2.05) is 6.07 Å². The molecule has 0 unspecified atom stereocenters. The van der Waals surface area contributed by atoms with E-state index in [-0.39, 0.29) is 11.4 Å².